The molecule has 2 amide bonds. The summed E-state index contributed by atoms with van der Waals surface area (Å²) >= 11 is 0. The third kappa shape index (κ3) is 6.37. The monoisotopic (exact) mass is 490 g/mol. The summed E-state index contributed by atoms with van der Waals surface area (Å²) in [5.41, 5.74) is -1.79. The second-order valence-corrected chi connectivity index (χ2v) is 7.20. The van der Waals surface area contributed by atoms with Crippen LogP contribution in [0.2, 0.25) is 0 Å². The number of para-hydroxylation sites is 1. The van der Waals surface area contributed by atoms with Gasteiger partial charge in [0.1, 0.15) is 11.8 Å². The molecule has 0 saturated heterocycles. The number of amides is 2. The number of hydrogen-bond donors (Lipinski definition) is 3. The molecule has 3 rings (SSSR count). The number of aromatic nitrogens is 2. The molecule has 2 aromatic carbocycles. The summed E-state index contributed by atoms with van der Waals surface area (Å²) in [7, 11) is 0. The van der Waals surface area contributed by atoms with E-state index in [-0.39, 0.29) is 5.56 Å². The van der Waals surface area contributed by atoms with Gasteiger partial charge < -0.3 is 20.5 Å². The predicted octanol–water partition coefficient (Wildman–Crippen LogP) is 2.90. The largest absolute Gasteiger partial charge is 0.494 e. The van der Waals surface area contributed by atoms with Crippen LogP contribution in [0.4, 0.5) is 13.2 Å². The zero-order chi connectivity index (χ0) is 25.6. The standard InChI is InChI=1S/C23H21F3N4O5/c1-2-35-16-10-8-14(9-11-16)20(31)28-18(22(33)34)12-27-21(32)17-13-30(15-6-4-3-5-7-15)29-19(17)23(24,25)26/h3-11,13,18H,2,12H2,1H3,(H,27,32)(H,28,31)(H,33,34)/t18-/m0/s1. The number of rotatable bonds is 9. The first-order valence-corrected chi connectivity index (χ1v) is 10.4. The molecule has 0 aliphatic rings. The molecular weight excluding hydrogens is 469 g/mol. The molecule has 12 heteroatoms. The van der Waals surface area contributed by atoms with E-state index in [1.165, 1.54) is 36.4 Å². The number of alkyl halides is 3. The molecule has 3 aromatic rings. The number of carbonyl (C=O) groups is 3. The molecule has 0 unspecified atom stereocenters. The Morgan fingerprint density at radius 2 is 1.71 bits per heavy atom. The van der Waals surface area contributed by atoms with Crippen LogP contribution in [0.3, 0.4) is 0 Å². The van der Waals surface area contributed by atoms with Gasteiger partial charge in [-0.3, -0.25) is 9.59 Å². The summed E-state index contributed by atoms with van der Waals surface area (Å²) in [6, 6.07) is 12.2. The third-order valence-corrected chi connectivity index (χ3v) is 4.75. The van der Waals surface area contributed by atoms with Crippen molar-refractivity contribution in [1.82, 2.24) is 20.4 Å². The Morgan fingerprint density at radius 1 is 1.06 bits per heavy atom. The quantitative estimate of drug-likeness (QED) is 0.424. The van der Waals surface area contributed by atoms with Gasteiger partial charge in [-0.1, -0.05) is 18.2 Å². The van der Waals surface area contributed by atoms with E-state index in [0.717, 1.165) is 10.9 Å². The molecular formula is C23H21F3N4O5. The fourth-order valence-corrected chi connectivity index (χ4v) is 3.06. The Kier molecular flexibility index (Phi) is 7.74. The molecule has 184 valence electrons. The Labute approximate surface area is 197 Å². The minimum Gasteiger partial charge on any atom is -0.494 e. The number of carboxylic acids is 1. The van der Waals surface area contributed by atoms with E-state index in [1.807, 2.05) is 0 Å². The number of halogens is 3. The number of aliphatic carboxylic acids is 1. The van der Waals surface area contributed by atoms with E-state index in [9.17, 15) is 32.7 Å². The van der Waals surface area contributed by atoms with E-state index in [0.29, 0.717) is 18.0 Å². The van der Waals surface area contributed by atoms with Crippen LogP contribution in [0.1, 0.15) is 33.3 Å². The lowest BCUT2D eigenvalue weighted by atomic mass is 10.1. The lowest BCUT2D eigenvalue weighted by Gasteiger charge is -2.16. The smallest absolute Gasteiger partial charge is 0.435 e. The lowest BCUT2D eigenvalue weighted by molar-refractivity contribution is -0.142. The molecule has 35 heavy (non-hydrogen) atoms. The van der Waals surface area contributed by atoms with Gasteiger partial charge in [-0.05, 0) is 43.3 Å². The van der Waals surface area contributed by atoms with Gasteiger partial charge in [0.2, 0.25) is 0 Å². The highest BCUT2D eigenvalue weighted by atomic mass is 19.4. The van der Waals surface area contributed by atoms with E-state index >= 15 is 0 Å². The van der Waals surface area contributed by atoms with Crippen molar-refractivity contribution in [1.29, 1.82) is 0 Å². The number of benzene rings is 2. The number of ether oxygens (including phenoxy) is 1. The van der Waals surface area contributed by atoms with Crippen molar-refractivity contribution in [2.75, 3.05) is 13.2 Å². The molecule has 1 heterocycles. The zero-order valence-corrected chi connectivity index (χ0v) is 18.4. The SMILES string of the molecule is CCOc1ccc(C(=O)N[C@@H](CNC(=O)c2cn(-c3ccccc3)nc2C(F)(F)F)C(=O)O)cc1. The maximum atomic E-state index is 13.5. The van der Waals surface area contributed by atoms with Gasteiger partial charge in [0.25, 0.3) is 11.8 Å². The number of hydrogen-bond acceptors (Lipinski definition) is 5. The maximum Gasteiger partial charge on any atom is 0.435 e. The molecule has 0 bridgehead atoms. The van der Waals surface area contributed by atoms with Gasteiger partial charge in [-0.15, -0.1) is 0 Å². The zero-order valence-electron chi connectivity index (χ0n) is 18.4. The van der Waals surface area contributed by atoms with E-state index in [4.69, 9.17) is 4.74 Å². The minimum atomic E-state index is -4.93. The predicted molar refractivity (Wildman–Crippen MR) is 117 cm³/mol. The van der Waals surface area contributed by atoms with Gasteiger partial charge in [0.15, 0.2) is 5.69 Å². The Morgan fingerprint density at radius 3 is 2.29 bits per heavy atom. The fourth-order valence-electron chi connectivity index (χ4n) is 3.06. The number of nitrogens with one attached hydrogen (secondary N) is 2. The van der Waals surface area contributed by atoms with Crippen LogP contribution in [0.15, 0.2) is 60.8 Å². The maximum absolute atomic E-state index is 13.5. The third-order valence-electron chi connectivity index (χ3n) is 4.75. The molecule has 3 N–H and O–H groups in total. The molecule has 0 aliphatic heterocycles. The molecule has 0 aliphatic carbocycles. The molecule has 0 radical (unpaired) electrons. The lowest BCUT2D eigenvalue weighted by Crippen LogP contribution is -2.48. The van der Waals surface area contributed by atoms with E-state index in [2.05, 4.69) is 15.7 Å². The normalized spacial score (nSPS) is 12.0. The molecule has 0 fully saturated rings. The minimum absolute atomic E-state index is 0.134. The second kappa shape index (κ2) is 10.7. The molecule has 1 atom stereocenters. The van der Waals surface area contributed by atoms with Gasteiger partial charge >= 0.3 is 12.1 Å². The van der Waals surface area contributed by atoms with Crippen LogP contribution < -0.4 is 15.4 Å². The Balaban J connectivity index is 1.73. The average molecular weight is 490 g/mol. The number of carboxylic acid groups (broad SMARTS) is 1. The van der Waals surface area contributed by atoms with Crippen LogP contribution in [-0.4, -0.2) is 51.9 Å². The van der Waals surface area contributed by atoms with Crippen LogP contribution in [0.5, 0.6) is 5.75 Å². The number of carbonyl (C=O) groups excluding carboxylic acids is 2. The molecule has 1 aromatic heterocycles. The highest BCUT2D eigenvalue weighted by Gasteiger charge is 2.39. The highest BCUT2D eigenvalue weighted by molar-refractivity contribution is 5.98. The van der Waals surface area contributed by atoms with E-state index < -0.39 is 47.8 Å². The highest BCUT2D eigenvalue weighted by Crippen LogP contribution is 2.31. The molecule has 9 nitrogen and oxygen atoms in total. The van der Waals surface area contributed by atoms with Crippen LogP contribution in [0.25, 0.3) is 5.69 Å². The summed E-state index contributed by atoms with van der Waals surface area (Å²) in [6.07, 6.45) is -4.03. The van der Waals surface area contributed by atoms with Gasteiger partial charge in [-0.25, -0.2) is 9.48 Å². The van der Waals surface area contributed by atoms with E-state index in [1.54, 1.807) is 25.1 Å². The second-order valence-electron chi connectivity index (χ2n) is 7.20. The van der Waals surface area contributed by atoms with Crippen molar-refractivity contribution in [3.8, 4) is 11.4 Å². The molecule has 0 spiro atoms. The van der Waals surface area contributed by atoms with Gasteiger partial charge in [0.05, 0.1) is 17.9 Å². The van der Waals surface area contributed by atoms with Crippen molar-refractivity contribution in [2.24, 2.45) is 0 Å². The van der Waals surface area contributed by atoms with Gasteiger partial charge in [0, 0.05) is 18.3 Å². The Bertz CT molecular complexity index is 1190. The van der Waals surface area contributed by atoms with Crippen LogP contribution in [0, 0.1) is 0 Å². The van der Waals surface area contributed by atoms with Crippen molar-refractivity contribution >= 4 is 17.8 Å². The van der Waals surface area contributed by atoms with Gasteiger partial charge in [-0.2, -0.15) is 18.3 Å². The van der Waals surface area contributed by atoms with Crippen molar-refractivity contribution in [2.45, 2.75) is 19.1 Å². The van der Waals surface area contributed by atoms with Crippen LogP contribution >= 0.6 is 0 Å². The first-order valence-electron chi connectivity index (χ1n) is 10.4. The van der Waals surface area contributed by atoms with Crippen LogP contribution in [-0.2, 0) is 11.0 Å². The fraction of sp³-hybridized carbons (Fsp3) is 0.217. The average Bonchev–Trinajstić information content (AvgIpc) is 3.29. The summed E-state index contributed by atoms with van der Waals surface area (Å²) in [5, 5.41) is 17.3. The molecule has 0 saturated carbocycles. The first-order chi connectivity index (χ1) is 16.6. The number of nitrogens with zero attached hydrogens (tertiary/aromatic N) is 2. The summed E-state index contributed by atoms with van der Waals surface area (Å²) in [4.78, 5) is 36.5. The summed E-state index contributed by atoms with van der Waals surface area (Å²) < 4.78 is 46.6. The van der Waals surface area contributed by atoms with Crippen molar-refractivity contribution < 1.29 is 37.4 Å². The topological polar surface area (TPSA) is 123 Å². The Hall–Kier alpha value is -4.35. The van der Waals surface area contributed by atoms with Crippen molar-refractivity contribution in [3.63, 3.8) is 0 Å². The van der Waals surface area contributed by atoms with Crippen molar-refractivity contribution in [3.05, 3.63) is 77.6 Å². The summed E-state index contributed by atoms with van der Waals surface area (Å²) in [6.45, 7) is 1.55. The summed E-state index contributed by atoms with van der Waals surface area (Å²) in [5.74, 6) is -2.91. The first kappa shape index (κ1) is 25.3.